The van der Waals surface area contributed by atoms with Gasteiger partial charge in [-0.25, -0.2) is 4.99 Å². The predicted octanol–water partition coefficient (Wildman–Crippen LogP) is 6.94. The SMILES string of the molecule is NC(NC1=NC(c2ccccc2)C=C(c2ccccc2)N1)c1ccc(C2=NC(c3ccccc3)c3ccccc3N2)cc1. The van der Waals surface area contributed by atoms with Gasteiger partial charge in [0.2, 0.25) is 0 Å². The number of hydrogen-bond acceptors (Lipinski definition) is 6. The first-order valence-corrected chi connectivity index (χ1v) is 14.5. The van der Waals surface area contributed by atoms with Gasteiger partial charge in [-0.1, -0.05) is 133 Å². The summed E-state index contributed by atoms with van der Waals surface area (Å²) in [5.41, 5.74) is 15.2. The number of rotatable bonds is 6. The highest BCUT2D eigenvalue weighted by Gasteiger charge is 2.24. The van der Waals surface area contributed by atoms with Gasteiger partial charge in [0.1, 0.15) is 18.0 Å². The first-order chi connectivity index (χ1) is 21.2. The number of nitrogens with two attached hydrogens (primary N) is 1. The van der Waals surface area contributed by atoms with Crippen molar-refractivity contribution >= 4 is 23.2 Å². The van der Waals surface area contributed by atoms with Crippen molar-refractivity contribution in [3.8, 4) is 0 Å². The topological polar surface area (TPSA) is 86.8 Å². The lowest BCUT2D eigenvalue weighted by Gasteiger charge is -2.27. The quantitative estimate of drug-likeness (QED) is 0.170. The minimum atomic E-state index is -0.467. The molecule has 0 aromatic heterocycles. The zero-order chi connectivity index (χ0) is 29.0. The molecule has 0 spiro atoms. The molecule has 0 radical (unpaired) electrons. The summed E-state index contributed by atoms with van der Waals surface area (Å²) in [6, 6.07) is 47.3. The van der Waals surface area contributed by atoms with E-state index in [1.807, 2.05) is 60.7 Å². The second-order valence-electron chi connectivity index (χ2n) is 10.7. The van der Waals surface area contributed by atoms with Gasteiger partial charge in [-0.15, -0.1) is 0 Å². The lowest BCUT2D eigenvalue weighted by Crippen LogP contribution is -2.43. The van der Waals surface area contributed by atoms with Gasteiger partial charge in [0.25, 0.3) is 0 Å². The van der Waals surface area contributed by atoms with Gasteiger partial charge < -0.3 is 21.7 Å². The summed E-state index contributed by atoms with van der Waals surface area (Å²) in [5, 5.41) is 10.4. The van der Waals surface area contributed by atoms with Crippen molar-refractivity contribution in [1.82, 2.24) is 10.6 Å². The van der Waals surface area contributed by atoms with Crippen molar-refractivity contribution < 1.29 is 0 Å². The highest BCUT2D eigenvalue weighted by atomic mass is 15.2. The average molecular weight is 561 g/mol. The summed E-state index contributed by atoms with van der Waals surface area (Å²) >= 11 is 0. The van der Waals surface area contributed by atoms with Crippen LogP contribution in [0, 0.1) is 0 Å². The van der Waals surface area contributed by atoms with Gasteiger partial charge in [0.05, 0.1) is 6.04 Å². The molecule has 0 saturated heterocycles. The van der Waals surface area contributed by atoms with Gasteiger partial charge in [0, 0.05) is 22.5 Å². The standard InChI is InChI=1S/C37H32N6/c38-35(43-37-40-32(25-12-4-1-5-13-25)24-33(41-37)26-14-6-2-7-15-26)28-20-22-29(23-21-28)36-39-31-19-11-10-18-30(31)34(42-36)27-16-8-3-9-17-27/h1-24,32,34-35H,38H2,(H,39,42)(H2,40,41,43). The van der Waals surface area contributed by atoms with Crippen LogP contribution in [-0.2, 0) is 0 Å². The lowest BCUT2D eigenvalue weighted by molar-refractivity contribution is 0.660. The van der Waals surface area contributed by atoms with Gasteiger partial charge in [-0.3, -0.25) is 4.99 Å². The third kappa shape index (κ3) is 5.69. The summed E-state index contributed by atoms with van der Waals surface area (Å²) < 4.78 is 0. The van der Waals surface area contributed by atoms with Crippen LogP contribution < -0.4 is 21.7 Å². The average Bonchev–Trinajstić information content (AvgIpc) is 3.09. The smallest absolute Gasteiger partial charge is 0.198 e. The van der Waals surface area contributed by atoms with E-state index in [1.165, 1.54) is 5.56 Å². The summed E-state index contributed by atoms with van der Waals surface area (Å²) in [5.74, 6) is 1.47. The van der Waals surface area contributed by atoms with Crippen LogP contribution in [0.25, 0.3) is 5.70 Å². The minimum absolute atomic E-state index is 0.0722. The molecule has 3 unspecified atom stereocenters. The van der Waals surface area contributed by atoms with Gasteiger partial charge in [-0.05, 0) is 34.4 Å². The number of amidine groups is 1. The van der Waals surface area contributed by atoms with Crippen LogP contribution in [0.2, 0.25) is 0 Å². The monoisotopic (exact) mass is 560 g/mol. The Morgan fingerprint density at radius 2 is 1.23 bits per heavy atom. The van der Waals surface area contributed by atoms with Gasteiger partial charge >= 0.3 is 0 Å². The third-order valence-electron chi connectivity index (χ3n) is 7.79. The molecular formula is C37H32N6. The first kappa shape index (κ1) is 26.4. The number of para-hydroxylation sites is 1. The van der Waals surface area contributed by atoms with E-state index >= 15 is 0 Å². The summed E-state index contributed by atoms with van der Waals surface area (Å²) in [6.07, 6.45) is 1.68. The van der Waals surface area contributed by atoms with E-state index in [1.54, 1.807) is 0 Å². The maximum atomic E-state index is 6.69. The maximum absolute atomic E-state index is 6.69. The highest BCUT2D eigenvalue weighted by molar-refractivity contribution is 6.10. The Kier molecular flexibility index (Phi) is 7.26. The van der Waals surface area contributed by atoms with E-state index in [0.717, 1.165) is 45.0 Å². The number of nitrogens with zero attached hydrogens (tertiary/aromatic N) is 2. The molecule has 5 aromatic carbocycles. The Bertz CT molecular complexity index is 1800. The number of anilines is 1. The Morgan fingerprint density at radius 3 is 1.95 bits per heavy atom. The number of nitrogens with one attached hydrogen (secondary N) is 3. The number of benzene rings is 5. The zero-order valence-electron chi connectivity index (χ0n) is 23.6. The Balaban J connectivity index is 1.12. The molecule has 210 valence electrons. The second kappa shape index (κ2) is 11.8. The van der Waals surface area contributed by atoms with Crippen LogP contribution in [-0.4, -0.2) is 11.8 Å². The first-order valence-electron chi connectivity index (χ1n) is 14.5. The lowest BCUT2D eigenvalue weighted by atomic mass is 9.95. The van der Waals surface area contributed by atoms with Crippen molar-refractivity contribution in [2.75, 3.05) is 5.32 Å². The molecule has 5 N–H and O–H groups in total. The highest BCUT2D eigenvalue weighted by Crippen LogP contribution is 2.35. The number of guanidine groups is 1. The van der Waals surface area contributed by atoms with Crippen LogP contribution in [0.4, 0.5) is 5.69 Å². The molecule has 0 saturated carbocycles. The Morgan fingerprint density at radius 1 is 0.605 bits per heavy atom. The molecule has 2 aliphatic heterocycles. The molecule has 7 rings (SSSR count). The molecule has 0 bridgehead atoms. The molecule has 0 fully saturated rings. The van der Waals surface area contributed by atoms with Crippen molar-refractivity contribution in [1.29, 1.82) is 0 Å². The molecule has 6 nitrogen and oxygen atoms in total. The summed E-state index contributed by atoms with van der Waals surface area (Å²) in [6.45, 7) is 0. The largest absolute Gasteiger partial charge is 0.340 e. The maximum Gasteiger partial charge on any atom is 0.198 e. The Hall–Kier alpha value is -5.46. The Labute approximate surface area is 251 Å². The van der Waals surface area contributed by atoms with Crippen molar-refractivity contribution in [3.05, 3.63) is 179 Å². The molecule has 2 heterocycles. The summed E-state index contributed by atoms with van der Waals surface area (Å²) in [4.78, 5) is 10.1. The molecule has 5 aromatic rings. The third-order valence-corrected chi connectivity index (χ3v) is 7.79. The van der Waals surface area contributed by atoms with Crippen molar-refractivity contribution in [2.24, 2.45) is 15.7 Å². The fourth-order valence-electron chi connectivity index (χ4n) is 5.54. The zero-order valence-corrected chi connectivity index (χ0v) is 23.6. The van der Waals surface area contributed by atoms with E-state index in [2.05, 4.69) is 101 Å². The van der Waals surface area contributed by atoms with E-state index in [-0.39, 0.29) is 12.1 Å². The molecule has 0 aliphatic carbocycles. The van der Waals surface area contributed by atoms with Crippen LogP contribution >= 0.6 is 0 Å². The minimum Gasteiger partial charge on any atom is -0.340 e. The summed E-state index contributed by atoms with van der Waals surface area (Å²) in [7, 11) is 0. The number of aliphatic imine (C=N–C) groups is 2. The number of hydrogen-bond donors (Lipinski definition) is 4. The fourth-order valence-corrected chi connectivity index (χ4v) is 5.54. The number of fused-ring (bicyclic) bond motifs is 1. The normalized spacial score (nSPS) is 18.1. The molecule has 2 aliphatic rings. The molecule has 3 atom stereocenters. The second-order valence-corrected chi connectivity index (χ2v) is 10.7. The molecule has 6 heteroatoms. The van der Waals surface area contributed by atoms with Crippen molar-refractivity contribution in [3.63, 3.8) is 0 Å². The van der Waals surface area contributed by atoms with Crippen LogP contribution in [0.3, 0.4) is 0 Å². The van der Waals surface area contributed by atoms with E-state index < -0.39 is 6.17 Å². The van der Waals surface area contributed by atoms with Gasteiger partial charge in [0.15, 0.2) is 5.96 Å². The molecular weight excluding hydrogens is 528 g/mol. The van der Waals surface area contributed by atoms with Crippen LogP contribution in [0.1, 0.15) is 51.6 Å². The van der Waals surface area contributed by atoms with Crippen LogP contribution in [0.15, 0.2) is 156 Å². The van der Waals surface area contributed by atoms with Gasteiger partial charge in [-0.2, -0.15) is 0 Å². The molecule has 43 heavy (non-hydrogen) atoms. The van der Waals surface area contributed by atoms with E-state index in [0.29, 0.717) is 5.96 Å². The van der Waals surface area contributed by atoms with E-state index in [4.69, 9.17) is 15.7 Å². The van der Waals surface area contributed by atoms with E-state index in [9.17, 15) is 0 Å². The predicted molar refractivity (Wildman–Crippen MR) is 176 cm³/mol. The molecule has 0 amide bonds. The van der Waals surface area contributed by atoms with Crippen LogP contribution in [0.5, 0.6) is 0 Å². The van der Waals surface area contributed by atoms with Crippen molar-refractivity contribution in [2.45, 2.75) is 18.2 Å². The fraction of sp³-hybridized carbons (Fsp3) is 0.0811.